The fraction of sp³-hybridized carbons (Fsp3) is 0.143. The summed E-state index contributed by atoms with van der Waals surface area (Å²) in [6.07, 6.45) is 3.35. The first-order valence-electron chi connectivity index (χ1n) is 14.7. The number of aryl methyl sites for hydroxylation is 2. The molecular formula is C35H27N3O7S2. The van der Waals surface area contributed by atoms with E-state index in [1.54, 1.807) is 29.9 Å². The normalized spacial score (nSPS) is 15.7. The van der Waals surface area contributed by atoms with E-state index in [2.05, 4.69) is 12.1 Å². The van der Waals surface area contributed by atoms with Gasteiger partial charge in [0.25, 0.3) is 11.2 Å². The molecule has 12 heteroatoms. The Morgan fingerprint density at radius 2 is 1.77 bits per heavy atom. The zero-order chi connectivity index (χ0) is 32.9. The molecule has 0 saturated heterocycles. The fourth-order valence-electron chi connectivity index (χ4n) is 6.02. The summed E-state index contributed by atoms with van der Waals surface area (Å²) in [5.74, 6) is 0.723. The van der Waals surface area contributed by atoms with Gasteiger partial charge in [0, 0.05) is 17.2 Å². The van der Waals surface area contributed by atoms with Crippen molar-refractivity contribution in [2.45, 2.75) is 30.7 Å². The third kappa shape index (κ3) is 5.55. The van der Waals surface area contributed by atoms with E-state index in [4.69, 9.17) is 13.9 Å². The number of nitro groups is 1. The minimum atomic E-state index is -4.33. The van der Waals surface area contributed by atoms with Gasteiger partial charge in [-0.2, -0.15) is 8.42 Å². The molecule has 0 radical (unpaired) electrons. The zero-order valence-corrected chi connectivity index (χ0v) is 26.9. The van der Waals surface area contributed by atoms with Crippen LogP contribution in [0.5, 0.6) is 11.5 Å². The number of benzene rings is 4. The zero-order valence-electron chi connectivity index (χ0n) is 25.2. The lowest BCUT2D eigenvalue weighted by molar-refractivity contribution is -0.385. The molecule has 1 atom stereocenters. The number of thiazole rings is 1. The summed E-state index contributed by atoms with van der Waals surface area (Å²) in [5.41, 5.74) is 5.70. The molecule has 0 amide bonds. The predicted octanol–water partition coefficient (Wildman–Crippen LogP) is 5.31. The van der Waals surface area contributed by atoms with Gasteiger partial charge in [-0.05, 0) is 78.4 Å². The van der Waals surface area contributed by atoms with Gasteiger partial charge in [-0.3, -0.25) is 19.5 Å². The molecule has 0 bridgehead atoms. The van der Waals surface area contributed by atoms with Crippen molar-refractivity contribution >= 4 is 38.9 Å². The third-order valence-electron chi connectivity index (χ3n) is 8.33. The van der Waals surface area contributed by atoms with Crippen LogP contribution in [0.3, 0.4) is 0 Å². The van der Waals surface area contributed by atoms with E-state index in [1.807, 2.05) is 36.4 Å². The number of ether oxygens (including phenoxy) is 1. The molecule has 0 N–H and O–H groups in total. The summed E-state index contributed by atoms with van der Waals surface area (Å²) >= 11 is 1.29. The van der Waals surface area contributed by atoms with Crippen molar-refractivity contribution in [2.24, 2.45) is 4.99 Å². The molecular weight excluding hydrogens is 639 g/mol. The molecule has 47 heavy (non-hydrogen) atoms. The largest absolute Gasteiger partial charge is 0.497 e. The van der Waals surface area contributed by atoms with Crippen LogP contribution in [0.25, 0.3) is 11.8 Å². The first-order chi connectivity index (χ1) is 22.6. The van der Waals surface area contributed by atoms with E-state index >= 15 is 0 Å². The molecule has 10 nitrogen and oxygen atoms in total. The second kappa shape index (κ2) is 11.8. The fourth-order valence-corrected chi connectivity index (χ4v) is 7.97. The highest BCUT2D eigenvalue weighted by Crippen LogP contribution is 2.41. The maximum Gasteiger partial charge on any atom is 0.339 e. The van der Waals surface area contributed by atoms with Crippen molar-refractivity contribution in [1.29, 1.82) is 0 Å². The number of methoxy groups -OCH3 is 1. The Hall–Kier alpha value is -5.33. The summed E-state index contributed by atoms with van der Waals surface area (Å²) in [6, 6.07) is 25.5. The summed E-state index contributed by atoms with van der Waals surface area (Å²) in [7, 11) is -2.71. The van der Waals surface area contributed by atoms with Gasteiger partial charge in [0.15, 0.2) is 4.80 Å². The third-order valence-corrected chi connectivity index (χ3v) is 10.6. The van der Waals surface area contributed by atoms with Gasteiger partial charge in [-0.1, -0.05) is 65.9 Å². The van der Waals surface area contributed by atoms with E-state index in [-0.39, 0.29) is 27.9 Å². The van der Waals surface area contributed by atoms with E-state index in [0.717, 1.165) is 41.3 Å². The van der Waals surface area contributed by atoms with Crippen molar-refractivity contribution in [3.63, 3.8) is 0 Å². The van der Waals surface area contributed by atoms with Gasteiger partial charge in [-0.15, -0.1) is 0 Å². The molecule has 1 aromatic heterocycles. The quantitative estimate of drug-likeness (QED) is 0.131. The average Bonchev–Trinajstić information content (AvgIpc) is 3.38. The molecule has 2 aliphatic rings. The van der Waals surface area contributed by atoms with Gasteiger partial charge >= 0.3 is 10.1 Å². The van der Waals surface area contributed by atoms with Gasteiger partial charge < -0.3 is 8.92 Å². The van der Waals surface area contributed by atoms with E-state index < -0.39 is 15.0 Å². The molecule has 1 aliphatic heterocycles. The topological polar surface area (TPSA) is 130 Å². The van der Waals surface area contributed by atoms with Crippen LogP contribution < -0.4 is 23.8 Å². The molecule has 0 unspecified atom stereocenters. The standard InChI is InChI=1S/C35H27N3O7S2/c1-21-10-16-27(20-30(21)38(40)41)47(42,43)45-25-14-11-22(12-15-25)18-31-34(39)37-33(24-7-5-8-26(19-24)44-2)29-17-13-23-6-3-4-9-28(23)32(29)36-35(37)46-31/h3-12,14-16,18-20,33H,13,17H2,1-2H3/b31-18+/t33-/m0/s1. The maximum absolute atomic E-state index is 14.1. The van der Waals surface area contributed by atoms with Crippen LogP contribution in [0.2, 0.25) is 0 Å². The van der Waals surface area contributed by atoms with Crippen LogP contribution in [0.4, 0.5) is 5.69 Å². The lowest BCUT2D eigenvalue weighted by Gasteiger charge is -2.31. The Labute approximate surface area is 273 Å². The molecule has 7 rings (SSSR count). The molecule has 4 aromatic carbocycles. The van der Waals surface area contributed by atoms with E-state index in [1.165, 1.54) is 48.1 Å². The number of hydrogen-bond acceptors (Lipinski definition) is 9. The van der Waals surface area contributed by atoms with Crippen molar-refractivity contribution in [2.75, 3.05) is 7.11 Å². The SMILES string of the molecule is COc1cccc([C@H]2C3=C(N=c4s/c(=C/c5ccc(OS(=O)(=O)c6ccc(C)c([N+](=O)[O-])c6)cc5)c(=O)n42)c2ccccc2CC3)c1. The Kier molecular flexibility index (Phi) is 7.61. The highest BCUT2D eigenvalue weighted by Gasteiger charge is 2.32. The van der Waals surface area contributed by atoms with Gasteiger partial charge in [0.05, 0.1) is 28.3 Å². The Balaban J connectivity index is 1.26. The van der Waals surface area contributed by atoms with Crippen molar-refractivity contribution in [3.8, 4) is 11.5 Å². The smallest absolute Gasteiger partial charge is 0.339 e. The Bertz CT molecular complexity index is 2410. The second-order valence-electron chi connectivity index (χ2n) is 11.2. The molecule has 0 fully saturated rings. The van der Waals surface area contributed by atoms with Crippen LogP contribution in [0, 0.1) is 17.0 Å². The molecule has 236 valence electrons. The van der Waals surface area contributed by atoms with Gasteiger partial charge in [0.2, 0.25) is 0 Å². The number of allylic oxidation sites excluding steroid dienone is 1. The first-order valence-corrected chi connectivity index (χ1v) is 16.9. The molecule has 0 saturated carbocycles. The van der Waals surface area contributed by atoms with Crippen LogP contribution in [0.1, 0.15) is 40.3 Å². The first kappa shape index (κ1) is 30.3. The molecule has 5 aromatic rings. The van der Waals surface area contributed by atoms with Crippen molar-refractivity contribution in [3.05, 3.63) is 154 Å². The maximum atomic E-state index is 14.1. The Morgan fingerprint density at radius 3 is 2.53 bits per heavy atom. The number of fused-ring (bicyclic) bond motifs is 3. The van der Waals surface area contributed by atoms with Crippen molar-refractivity contribution < 1.29 is 22.3 Å². The lowest BCUT2D eigenvalue weighted by atomic mass is 9.83. The highest BCUT2D eigenvalue weighted by molar-refractivity contribution is 7.87. The monoisotopic (exact) mass is 665 g/mol. The van der Waals surface area contributed by atoms with Crippen LogP contribution in [-0.4, -0.2) is 25.0 Å². The average molecular weight is 666 g/mol. The van der Waals surface area contributed by atoms with Gasteiger partial charge in [0.1, 0.15) is 16.4 Å². The highest BCUT2D eigenvalue weighted by atomic mass is 32.2. The summed E-state index contributed by atoms with van der Waals surface area (Å²) in [5, 5.41) is 11.3. The van der Waals surface area contributed by atoms with E-state index in [9.17, 15) is 23.3 Å². The van der Waals surface area contributed by atoms with Crippen LogP contribution in [0.15, 0.2) is 111 Å². The summed E-state index contributed by atoms with van der Waals surface area (Å²) in [6.45, 7) is 1.53. The second-order valence-corrected chi connectivity index (χ2v) is 13.8. The number of rotatable bonds is 7. The van der Waals surface area contributed by atoms with Crippen molar-refractivity contribution in [1.82, 2.24) is 4.57 Å². The summed E-state index contributed by atoms with van der Waals surface area (Å²) in [4.78, 5) is 30.0. The van der Waals surface area contributed by atoms with Gasteiger partial charge in [-0.25, -0.2) is 4.99 Å². The summed E-state index contributed by atoms with van der Waals surface area (Å²) < 4.78 is 38.8. The molecule has 1 aliphatic carbocycles. The molecule has 2 heterocycles. The number of hydrogen-bond donors (Lipinski definition) is 0. The number of nitro benzene ring substituents is 1. The predicted molar refractivity (Wildman–Crippen MR) is 178 cm³/mol. The Morgan fingerprint density at radius 1 is 0.979 bits per heavy atom. The van der Waals surface area contributed by atoms with Crippen LogP contribution in [-0.2, 0) is 16.5 Å². The lowest BCUT2D eigenvalue weighted by Crippen LogP contribution is -2.38. The minimum absolute atomic E-state index is 0.0243. The minimum Gasteiger partial charge on any atom is -0.497 e. The van der Waals surface area contributed by atoms with Crippen LogP contribution >= 0.6 is 11.3 Å². The number of aromatic nitrogens is 1. The van der Waals surface area contributed by atoms with E-state index in [0.29, 0.717) is 26.2 Å². The number of nitrogens with zero attached hydrogens (tertiary/aromatic N) is 3. The molecule has 0 spiro atoms.